The highest BCUT2D eigenvalue weighted by Gasteiger charge is 2.32. The number of amides is 1. The summed E-state index contributed by atoms with van der Waals surface area (Å²) in [5.41, 5.74) is 0.896. The SMILES string of the molecule is COc1ccc(/C=C2/SC(=S)N(CCC(=O)OC3CCCCC3)C2=O)cc1. The number of benzene rings is 1. The Labute approximate surface area is 169 Å². The highest BCUT2D eigenvalue weighted by molar-refractivity contribution is 8.26. The van der Waals surface area contributed by atoms with Crippen LogP contribution in [-0.2, 0) is 14.3 Å². The number of hydrogen-bond acceptors (Lipinski definition) is 6. The maximum absolute atomic E-state index is 12.6. The molecule has 5 nitrogen and oxygen atoms in total. The molecule has 0 spiro atoms. The fraction of sp³-hybridized carbons (Fsp3) is 0.450. The Morgan fingerprint density at radius 1 is 1.26 bits per heavy atom. The fourth-order valence-electron chi connectivity index (χ4n) is 3.18. The zero-order valence-corrected chi connectivity index (χ0v) is 16.9. The molecular weight excluding hydrogens is 382 g/mol. The van der Waals surface area contributed by atoms with Gasteiger partial charge in [0.15, 0.2) is 0 Å². The number of thiocarbonyl (C=S) groups is 1. The lowest BCUT2D eigenvalue weighted by Crippen LogP contribution is -2.31. The number of nitrogens with zero attached hydrogens (tertiary/aromatic N) is 1. The van der Waals surface area contributed by atoms with E-state index in [1.54, 1.807) is 13.2 Å². The van der Waals surface area contributed by atoms with Crippen molar-refractivity contribution in [3.05, 3.63) is 34.7 Å². The topological polar surface area (TPSA) is 55.8 Å². The van der Waals surface area contributed by atoms with Crippen LogP contribution in [0.15, 0.2) is 29.2 Å². The Morgan fingerprint density at radius 3 is 2.63 bits per heavy atom. The van der Waals surface area contributed by atoms with Gasteiger partial charge in [-0.05, 0) is 49.5 Å². The van der Waals surface area contributed by atoms with Gasteiger partial charge in [0.2, 0.25) is 0 Å². The van der Waals surface area contributed by atoms with Crippen molar-refractivity contribution in [3.63, 3.8) is 0 Å². The highest BCUT2D eigenvalue weighted by atomic mass is 32.2. The first kappa shape index (κ1) is 19.9. The standard InChI is InChI=1S/C20H23NO4S2/c1-24-15-9-7-14(8-10-15)13-17-19(23)21(20(26)27-17)12-11-18(22)25-16-5-3-2-4-6-16/h7-10,13,16H,2-6,11-12H2,1H3/b17-13+. The third kappa shape index (κ3) is 5.32. The van der Waals surface area contributed by atoms with Gasteiger partial charge < -0.3 is 9.47 Å². The third-order valence-electron chi connectivity index (χ3n) is 4.68. The normalized spacial score (nSPS) is 19.6. The van der Waals surface area contributed by atoms with E-state index >= 15 is 0 Å². The summed E-state index contributed by atoms with van der Waals surface area (Å²) in [6.45, 7) is 0.260. The van der Waals surface area contributed by atoms with Crippen LogP contribution in [0.1, 0.15) is 44.1 Å². The molecule has 0 unspecified atom stereocenters. The molecule has 0 aromatic heterocycles. The molecule has 1 saturated carbocycles. The molecule has 0 N–H and O–H groups in total. The zero-order chi connectivity index (χ0) is 19.2. The van der Waals surface area contributed by atoms with Crippen LogP contribution in [0.3, 0.4) is 0 Å². The van der Waals surface area contributed by atoms with Gasteiger partial charge in [-0.3, -0.25) is 14.5 Å². The second-order valence-corrected chi connectivity index (χ2v) is 8.28. The molecule has 7 heteroatoms. The number of esters is 1. The van der Waals surface area contributed by atoms with E-state index in [9.17, 15) is 9.59 Å². The quantitative estimate of drug-likeness (QED) is 0.402. The molecule has 1 aliphatic heterocycles. The summed E-state index contributed by atoms with van der Waals surface area (Å²) in [5.74, 6) is 0.345. The van der Waals surface area contributed by atoms with Crippen LogP contribution in [0.25, 0.3) is 6.08 Å². The van der Waals surface area contributed by atoms with E-state index in [2.05, 4.69) is 0 Å². The van der Waals surface area contributed by atoms with Crippen molar-refractivity contribution in [2.75, 3.05) is 13.7 Å². The molecule has 27 heavy (non-hydrogen) atoms. The Kier molecular flexibility index (Phi) is 6.90. The number of methoxy groups -OCH3 is 1. The predicted octanol–water partition coefficient (Wildman–Crippen LogP) is 4.16. The average molecular weight is 406 g/mol. The summed E-state index contributed by atoms with van der Waals surface area (Å²) in [6, 6.07) is 7.45. The summed E-state index contributed by atoms with van der Waals surface area (Å²) in [4.78, 5) is 26.7. The lowest BCUT2D eigenvalue weighted by molar-refractivity contribution is -0.150. The molecular formula is C20H23NO4S2. The van der Waals surface area contributed by atoms with E-state index in [0.29, 0.717) is 9.23 Å². The van der Waals surface area contributed by atoms with Crippen LogP contribution in [0.4, 0.5) is 0 Å². The van der Waals surface area contributed by atoms with Crippen LogP contribution >= 0.6 is 24.0 Å². The predicted molar refractivity (Wildman–Crippen MR) is 110 cm³/mol. The van der Waals surface area contributed by atoms with Crippen molar-refractivity contribution in [1.82, 2.24) is 4.90 Å². The molecule has 0 radical (unpaired) electrons. The monoisotopic (exact) mass is 405 g/mol. The molecule has 0 bridgehead atoms. The lowest BCUT2D eigenvalue weighted by Gasteiger charge is -2.22. The number of ether oxygens (including phenoxy) is 2. The molecule has 0 atom stereocenters. The molecule has 1 heterocycles. The molecule has 2 fully saturated rings. The van der Waals surface area contributed by atoms with Crippen molar-refractivity contribution in [1.29, 1.82) is 0 Å². The number of hydrogen-bond donors (Lipinski definition) is 0. The van der Waals surface area contributed by atoms with Crippen molar-refractivity contribution in [2.45, 2.75) is 44.6 Å². The van der Waals surface area contributed by atoms with E-state index in [-0.39, 0.29) is 30.9 Å². The highest BCUT2D eigenvalue weighted by Crippen LogP contribution is 2.33. The van der Waals surface area contributed by atoms with E-state index < -0.39 is 0 Å². The Morgan fingerprint density at radius 2 is 1.96 bits per heavy atom. The van der Waals surface area contributed by atoms with Crippen LogP contribution in [-0.4, -0.2) is 40.9 Å². The molecule has 144 valence electrons. The van der Waals surface area contributed by atoms with Crippen LogP contribution in [0.5, 0.6) is 5.75 Å². The summed E-state index contributed by atoms with van der Waals surface area (Å²) >= 11 is 6.58. The largest absolute Gasteiger partial charge is 0.497 e. The van der Waals surface area contributed by atoms with E-state index in [0.717, 1.165) is 37.0 Å². The van der Waals surface area contributed by atoms with Gasteiger partial charge >= 0.3 is 5.97 Å². The van der Waals surface area contributed by atoms with Crippen molar-refractivity contribution in [3.8, 4) is 5.75 Å². The minimum absolute atomic E-state index is 0.0346. The molecule has 3 rings (SSSR count). The number of rotatable bonds is 6. The van der Waals surface area contributed by atoms with Crippen LogP contribution in [0, 0.1) is 0 Å². The van der Waals surface area contributed by atoms with Gasteiger partial charge in [-0.25, -0.2) is 0 Å². The molecule has 1 aliphatic carbocycles. The second-order valence-electron chi connectivity index (χ2n) is 6.61. The van der Waals surface area contributed by atoms with Crippen LogP contribution < -0.4 is 4.74 Å². The minimum Gasteiger partial charge on any atom is -0.497 e. The van der Waals surface area contributed by atoms with Gasteiger partial charge in [-0.15, -0.1) is 0 Å². The maximum atomic E-state index is 12.6. The zero-order valence-electron chi connectivity index (χ0n) is 15.3. The van der Waals surface area contributed by atoms with Gasteiger partial charge in [0.1, 0.15) is 16.2 Å². The first-order valence-electron chi connectivity index (χ1n) is 9.16. The van der Waals surface area contributed by atoms with Crippen molar-refractivity contribution < 1.29 is 19.1 Å². The molecule has 2 aliphatic rings. The molecule has 1 aromatic rings. The van der Waals surface area contributed by atoms with Gasteiger partial charge in [-0.1, -0.05) is 42.5 Å². The lowest BCUT2D eigenvalue weighted by atomic mass is 9.98. The van der Waals surface area contributed by atoms with Crippen LogP contribution in [0.2, 0.25) is 0 Å². The van der Waals surface area contributed by atoms with Gasteiger partial charge in [0.25, 0.3) is 5.91 Å². The Balaban J connectivity index is 1.55. The number of thioether (sulfide) groups is 1. The first-order chi connectivity index (χ1) is 13.1. The van der Waals surface area contributed by atoms with E-state index in [4.69, 9.17) is 21.7 Å². The smallest absolute Gasteiger partial charge is 0.307 e. The summed E-state index contributed by atoms with van der Waals surface area (Å²) in [7, 11) is 1.61. The molecule has 1 amide bonds. The fourth-order valence-corrected chi connectivity index (χ4v) is 4.48. The average Bonchev–Trinajstić information content (AvgIpc) is 2.94. The number of carbonyl (C=O) groups excluding carboxylic acids is 2. The van der Waals surface area contributed by atoms with E-state index in [1.165, 1.54) is 23.1 Å². The molecule has 1 aromatic carbocycles. The first-order valence-corrected chi connectivity index (χ1v) is 10.4. The van der Waals surface area contributed by atoms with Crippen molar-refractivity contribution >= 4 is 46.3 Å². The minimum atomic E-state index is -0.255. The van der Waals surface area contributed by atoms with Gasteiger partial charge in [0.05, 0.1) is 18.4 Å². The van der Waals surface area contributed by atoms with Gasteiger partial charge in [0, 0.05) is 6.54 Å². The molecule has 1 saturated heterocycles. The van der Waals surface area contributed by atoms with Crippen molar-refractivity contribution in [2.24, 2.45) is 0 Å². The van der Waals surface area contributed by atoms with Gasteiger partial charge in [-0.2, -0.15) is 0 Å². The summed E-state index contributed by atoms with van der Waals surface area (Å²) in [5, 5.41) is 0. The maximum Gasteiger partial charge on any atom is 0.307 e. The Hall–Kier alpha value is -1.86. The second kappa shape index (κ2) is 9.37. The third-order valence-corrected chi connectivity index (χ3v) is 6.05. The summed E-state index contributed by atoms with van der Waals surface area (Å²) in [6.07, 6.45) is 7.33. The Bertz CT molecular complexity index is 739. The van der Waals surface area contributed by atoms with E-state index in [1.807, 2.05) is 24.3 Å². The summed E-state index contributed by atoms with van der Waals surface area (Å²) < 4.78 is 11.1. The number of carbonyl (C=O) groups is 2.